The summed E-state index contributed by atoms with van der Waals surface area (Å²) in [5.41, 5.74) is 0.594. The number of hydrogen-bond acceptors (Lipinski definition) is 3. The number of carbonyl (C=O) groups excluding carboxylic acids is 1. The van der Waals surface area contributed by atoms with Gasteiger partial charge in [0.1, 0.15) is 0 Å². The third-order valence-corrected chi connectivity index (χ3v) is 3.38. The highest BCUT2D eigenvalue weighted by atomic mass is 19.1. The van der Waals surface area contributed by atoms with Crippen LogP contribution in [0.4, 0.5) is 10.1 Å². The summed E-state index contributed by atoms with van der Waals surface area (Å²) >= 11 is 0. The Morgan fingerprint density at radius 1 is 1.35 bits per heavy atom. The first-order valence-corrected chi connectivity index (χ1v) is 7.14. The fourth-order valence-corrected chi connectivity index (χ4v) is 2.32. The van der Waals surface area contributed by atoms with Crippen LogP contribution in [0.5, 0.6) is 5.75 Å². The van der Waals surface area contributed by atoms with Crippen molar-refractivity contribution < 1.29 is 13.9 Å². The van der Waals surface area contributed by atoms with E-state index in [2.05, 4.69) is 5.32 Å². The molecule has 5 heteroatoms. The van der Waals surface area contributed by atoms with E-state index in [4.69, 9.17) is 4.74 Å². The summed E-state index contributed by atoms with van der Waals surface area (Å²) in [5.74, 6) is -0.110. The van der Waals surface area contributed by atoms with E-state index in [0.717, 1.165) is 25.9 Å². The van der Waals surface area contributed by atoms with Crippen LogP contribution in [0.25, 0.3) is 0 Å². The second-order valence-corrected chi connectivity index (χ2v) is 4.87. The number of likely N-dealkylation sites (tertiary alicyclic amines) is 1. The van der Waals surface area contributed by atoms with Crippen LogP contribution < -0.4 is 10.1 Å². The molecule has 20 heavy (non-hydrogen) atoms. The zero-order chi connectivity index (χ0) is 14.4. The first kappa shape index (κ1) is 14.6. The molecule has 0 radical (unpaired) electrons. The van der Waals surface area contributed by atoms with Gasteiger partial charge in [-0.15, -0.1) is 0 Å². The van der Waals surface area contributed by atoms with E-state index in [0.29, 0.717) is 12.3 Å². The summed E-state index contributed by atoms with van der Waals surface area (Å²) in [6.45, 7) is 4.10. The number of nitrogens with zero attached hydrogens (tertiary/aromatic N) is 1. The van der Waals surface area contributed by atoms with E-state index in [1.807, 2.05) is 11.8 Å². The smallest absolute Gasteiger partial charge is 0.241 e. The van der Waals surface area contributed by atoms with Crippen LogP contribution in [0.3, 0.4) is 0 Å². The minimum atomic E-state index is -0.415. The molecule has 0 spiro atoms. The number of hydrogen-bond donors (Lipinski definition) is 1. The number of nitrogens with one attached hydrogen (secondary N) is 1. The predicted molar refractivity (Wildman–Crippen MR) is 76.5 cm³/mol. The summed E-state index contributed by atoms with van der Waals surface area (Å²) in [6.07, 6.45) is 3.34. The lowest BCUT2D eigenvalue weighted by Gasteiger charge is -2.26. The van der Waals surface area contributed by atoms with Gasteiger partial charge < -0.3 is 15.0 Å². The van der Waals surface area contributed by atoms with Gasteiger partial charge in [-0.3, -0.25) is 4.79 Å². The van der Waals surface area contributed by atoms with Crippen LogP contribution in [0.15, 0.2) is 18.2 Å². The van der Waals surface area contributed by atoms with Gasteiger partial charge in [-0.05, 0) is 38.3 Å². The molecule has 2 rings (SSSR count). The normalized spacial score (nSPS) is 15.0. The van der Waals surface area contributed by atoms with Gasteiger partial charge in [-0.2, -0.15) is 0 Å². The number of halogens is 1. The molecule has 1 aliphatic heterocycles. The molecule has 4 nitrogen and oxygen atoms in total. The van der Waals surface area contributed by atoms with Gasteiger partial charge in [0.05, 0.1) is 13.2 Å². The molecular weight excluding hydrogens is 259 g/mol. The molecule has 1 saturated heterocycles. The van der Waals surface area contributed by atoms with E-state index >= 15 is 0 Å². The summed E-state index contributed by atoms with van der Waals surface area (Å²) < 4.78 is 18.8. The average Bonchev–Trinajstić information content (AvgIpc) is 2.48. The molecule has 1 fully saturated rings. The van der Waals surface area contributed by atoms with Crippen LogP contribution in [0.1, 0.15) is 26.2 Å². The van der Waals surface area contributed by atoms with E-state index in [1.165, 1.54) is 12.5 Å². The number of amides is 1. The molecule has 1 N–H and O–H groups in total. The fourth-order valence-electron chi connectivity index (χ4n) is 2.32. The lowest BCUT2D eigenvalue weighted by atomic mass is 10.1. The largest absolute Gasteiger partial charge is 0.491 e. The van der Waals surface area contributed by atoms with Crippen molar-refractivity contribution in [3.05, 3.63) is 24.0 Å². The van der Waals surface area contributed by atoms with E-state index in [9.17, 15) is 9.18 Å². The van der Waals surface area contributed by atoms with Gasteiger partial charge >= 0.3 is 0 Å². The molecule has 0 saturated carbocycles. The third kappa shape index (κ3) is 3.85. The third-order valence-electron chi connectivity index (χ3n) is 3.38. The molecule has 1 aromatic carbocycles. The summed E-state index contributed by atoms with van der Waals surface area (Å²) in [6, 6.07) is 4.65. The molecule has 1 heterocycles. The molecule has 0 aromatic heterocycles. The number of rotatable bonds is 5. The monoisotopic (exact) mass is 280 g/mol. The molecule has 0 aliphatic carbocycles. The number of ether oxygens (including phenoxy) is 1. The Labute approximate surface area is 118 Å². The van der Waals surface area contributed by atoms with E-state index in [-0.39, 0.29) is 18.2 Å². The van der Waals surface area contributed by atoms with Gasteiger partial charge in [0.15, 0.2) is 11.6 Å². The molecule has 1 aromatic rings. The second-order valence-electron chi connectivity index (χ2n) is 4.87. The Balaban J connectivity index is 1.87. The average molecular weight is 280 g/mol. The Morgan fingerprint density at radius 2 is 2.10 bits per heavy atom. The fraction of sp³-hybridized carbons (Fsp3) is 0.533. The van der Waals surface area contributed by atoms with Crippen molar-refractivity contribution in [2.24, 2.45) is 0 Å². The van der Waals surface area contributed by atoms with Crippen LogP contribution in [0.2, 0.25) is 0 Å². The predicted octanol–water partition coefficient (Wildman–Crippen LogP) is 2.65. The minimum absolute atomic E-state index is 0.0685. The Morgan fingerprint density at radius 3 is 2.75 bits per heavy atom. The van der Waals surface area contributed by atoms with Crippen molar-refractivity contribution in [2.75, 3.05) is 31.6 Å². The van der Waals surface area contributed by atoms with Crippen molar-refractivity contribution in [1.29, 1.82) is 0 Å². The molecule has 1 amide bonds. The molecule has 0 unspecified atom stereocenters. The van der Waals surface area contributed by atoms with E-state index in [1.54, 1.807) is 12.1 Å². The molecular formula is C15H21FN2O2. The van der Waals surface area contributed by atoms with Crippen molar-refractivity contribution in [3.63, 3.8) is 0 Å². The Hall–Kier alpha value is -1.78. The van der Waals surface area contributed by atoms with Crippen LogP contribution in [-0.2, 0) is 4.79 Å². The van der Waals surface area contributed by atoms with Gasteiger partial charge in [0.25, 0.3) is 0 Å². The van der Waals surface area contributed by atoms with Crippen molar-refractivity contribution in [1.82, 2.24) is 4.90 Å². The highest BCUT2D eigenvalue weighted by molar-refractivity contribution is 5.81. The first-order valence-electron chi connectivity index (χ1n) is 7.14. The SMILES string of the molecule is CCOc1ccc(NCC(=O)N2CCCCC2)cc1F. The number of piperidine rings is 1. The number of benzene rings is 1. The van der Waals surface area contributed by atoms with E-state index < -0.39 is 5.82 Å². The first-order chi connectivity index (χ1) is 9.70. The Bertz CT molecular complexity index is 459. The maximum atomic E-state index is 13.7. The molecule has 1 aliphatic rings. The number of carbonyl (C=O) groups is 1. The minimum Gasteiger partial charge on any atom is -0.491 e. The number of anilines is 1. The molecule has 0 atom stereocenters. The van der Waals surface area contributed by atoms with Crippen molar-refractivity contribution in [2.45, 2.75) is 26.2 Å². The van der Waals surface area contributed by atoms with Gasteiger partial charge in [0.2, 0.25) is 5.91 Å². The maximum absolute atomic E-state index is 13.7. The van der Waals surface area contributed by atoms with Crippen LogP contribution >= 0.6 is 0 Å². The zero-order valence-corrected chi connectivity index (χ0v) is 11.8. The van der Waals surface area contributed by atoms with Crippen LogP contribution in [0, 0.1) is 5.82 Å². The highest BCUT2D eigenvalue weighted by Crippen LogP contribution is 2.21. The maximum Gasteiger partial charge on any atom is 0.241 e. The quantitative estimate of drug-likeness (QED) is 0.901. The molecule has 0 bridgehead atoms. The topological polar surface area (TPSA) is 41.6 Å². The van der Waals surface area contributed by atoms with Crippen LogP contribution in [-0.4, -0.2) is 37.0 Å². The lowest BCUT2D eigenvalue weighted by molar-refractivity contribution is -0.130. The Kier molecular flexibility index (Phi) is 5.21. The second kappa shape index (κ2) is 7.12. The molecule has 110 valence electrons. The highest BCUT2D eigenvalue weighted by Gasteiger charge is 2.16. The summed E-state index contributed by atoms with van der Waals surface area (Å²) in [5, 5.41) is 2.97. The van der Waals surface area contributed by atoms with Crippen molar-refractivity contribution >= 4 is 11.6 Å². The lowest BCUT2D eigenvalue weighted by Crippen LogP contribution is -2.39. The summed E-state index contributed by atoms with van der Waals surface area (Å²) in [7, 11) is 0. The van der Waals surface area contributed by atoms with Gasteiger partial charge in [0, 0.05) is 24.8 Å². The van der Waals surface area contributed by atoms with Gasteiger partial charge in [-0.25, -0.2) is 4.39 Å². The standard InChI is InChI=1S/C15H21FN2O2/c1-2-20-14-7-6-12(10-13(14)16)17-11-15(19)18-8-4-3-5-9-18/h6-7,10,17H,2-5,8-9,11H2,1H3. The zero-order valence-electron chi connectivity index (χ0n) is 11.8. The summed E-state index contributed by atoms with van der Waals surface area (Å²) in [4.78, 5) is 13.8. The van der Waals surface area contributed by atoms with Crippen molar-refractivity contribution in [3.8, 4) is 5.75 Å². The van der Waals surface area contributed by atoms with Gasteiger partial charge in [-0.1, -0.05) is 0 Å².